The molecule has 2 N–H and O–H groups in total. The van der Waals surface area contributed by atoms with E-state index < -0.39 is 29.7 Å². The minimum absolute atomic E-state index is 0.0400. The van der Waals surface area contributed by atoms with Crippen LogP contribution in [0.15, 0.2) is 79.0 Å². The van der Waals surface area contributed by atoms with Gasteiger partial charge >= 0.3 is 0 Å². The van der Waals surface area contributed by atoms with E-state index in [1.54, 1.807) is 48.7 Å². The van der Waals surface area contributed by atoms with Gasteiger partial charge in [-0.3, -0.25) is 53.8 Å². The molecule has 1 unspecified atom stereocenters. The number of aromatic nitrogens is 1. The Balaban J connectivity index is 0.636. The van der Waals surface area contributed by atoms with Crippen LogP contribution in [-0.4, -0.2) is 137 Å². The van der Waals surface area contributed by atoms with Crippen LogP contribution in [0.2, 0.25) is 5.02 Å². The number of hydrogen-bond acceptors (Lipinski definition) is 11. The molecule has 17 heteroatoms. The van der Waals surface area contributed by atoms with Gasteiger partial charge in [-0.1, -0.05) is 18.2 Å². The Hall–Kier alpha value is -6.23. The van der Waals surface area contributed by atoms with E-state index >= 15 is 0 Å². The van der Waals surface area contributed by atoms with Crippen molar-refractivity contribution < 1.29 is 37.9 Å². The molecule has 1 aliphatic carbocycles. The maximum absolute atomic E-state index is 14.1. The van der Waals surface area contributed by atoms with Crippen molar-refractivity contribution in [3.05, 3.63) is 107 Å². The number of likely N-dealkylation sites (tertiary alicyclic amines) is 2. The van der Waals surface area contributed by atoms with E-state index in [1.165, 1.54) is 6.07 Å². The Morgan fingerprint density at radius 3 is 2.29 bits per heavy atom. The van der Waals surface area contributed by atoms with Gasteiger partial charge in [0.05, 0.1) is 28.2 Å². The predicted octanol–water partition coefficient (Wildman–Crippen LogP) is 6.55. The Kier molecular flexibility index (Phi) is 13.7. The number of nitrogens with zero attached hydrogens (tertiary/aromatic N) is 6. The highest BCUT2D eigenvalue weighted by Crippen LogP contribution is 2.41. The summed E-state index contributed by atoms with van der Waals surface area (Å²) < 4.78 is 20.5. The van der Waals surface area contributed by atoms with Crippen molar-refractivity contribution in [3.8, 4) is 5.75 Å². The van der Waals surface area contributed by atoms with Gasteiger partial charge in [-0.05, 0) is 117 Å². The summed E-state index contributed by atoms with van der Waals surface area (Å²) in [4.78, 5) is 92.0. The Morgan fingerprint density at radius 2 is 1.54 bits per heavy atom. The number of imide groups is 2. The van der Waals surface area contributed by atoms with E-state index in [-0.39, 0.29) is 59.5 Å². The number of carbonyl (C=O) groups excluding carboxylic acids is 6. The molecule has 70 heavy (non-hydrogen) atoms. The lowest BCUT2D eigenvalue weighted by atomic mass is 9.75. The molecule has 5 aliphatic heterocycles. The van der Waals surface area contributed by atoms with E-state index in [4.69, 9.17) is 16.3 Å². The Bertz CT molecular complexity index is 2740. The fraction of sp³-hybridized carbons (Fsp3) is 0.453. The number of rotatable bonds is 11. The molecule has 0 spiro atoms. The highest BCUT2D eigenvalue weighted by molar-refractivity contribution is 6.32. The SMILES string of the molecule is C=C(C(=O)Nc1ccc(Cl)c(OC2CCN(C(=O)CN3CCC(N4CCN(c5ccc6c(c5)C(=O)N(C5CCC(=O)NC5=O)C6=O)CC4)CC3)CC2)c1)C1CCC(c2ccnc3ccc(F)cc23)CC1. The molecule has 4 aromatic rings. The Morgan fingerprint density at radius 1 is 0.800 bits per heavy atom. The van der Waals surface area contributed by atoms with Crippen LogP contribution < -0.4 is 20.3 Å². The third kappa shape index (κ3) is 9.90. The number of nitrogens with one attached hydrogen (secondary N) is 2. The molecule has 0 radical (unpaired) electrons. The van der Waals surface area contributed by atoms with Gasteiger partial charge in [0, 0.05) is 112 Å². The first kappa shape index (κ1) is 47.4. The monoisotopic (exact) mass is 972 g/mol. The summed E-state index contributed by atoms with van der Waals surface area (Å²) in [5, 5.41) is 6.54. The quantitative estimate of drug-likeness (QED) is 0.124. The number of ether oxygens (including phenoxy) is 1. The predicted molar refractivity (Wildman–Crippen MR) is 262 cm³/mol. The smallest absolute Gasteiger partial charge is 0.262 e. The van der Waals surface area contributed by atoms with E-state index in [1.807, 2.05) is 17.0 Å². The second-order valence-electron chi connectivity index (χ2n) is 19.6. The molecule has 0 bridgehead atoms. The summed E-state index contributed by atoms with van der Waals surface area (Å²) in [7, 11) is 0. The lowest BCUT2D eigenvalue weighted by molar-refractivity contribution is -0.136. The summed E-state index contributed by atoms with van der Waals surface area (Å²) >= 11 is 6.59. The molecule has 3 aromatic carbocycles. The maximum atomic E-state index is 14.1. The second kappa shape index (κ2) is 20.2. The number of carbonyl (C=O) groups is 6. The molecule has 4 saturated heterocycles. The van der Waals surface area contributed by atoms with E-state index in [0.29, 0.717) is 60.6 Å². The van der Waals surface area contributed by atoms with E-state index in [2.05, 4.69) is 36.9 Å². The highest BCUT2D eigenvalue weighted by atomic mass is 35.5. The summed E-state index contributed by atoms with van der Waals surface area (Å²) in [5.41, 5.74) is 4.42. The zero-order chi connectivity index (χ0) is 48.6. The molecular formula is C53H58ClFN8O7. The number of benzene rings is 3. The fourth-order valence-corrected chi connectivity index (χ4v) is 11.6. The number of fused-ring (bicyclic) bond motifs is 2. The molecule has 6 aliphatic rings. The van der Waals surface area contributed by atoms with Crippen molar-refractivity contribution in [2.75, 3.05) is 69.1 Å². The van der Waals surface area contributed by atoms with Crippen LogP contribution in [0.1, 0.15) is 96.4 Å². The van der Waals surface area contributed by atoms with E-state index in [9.17, 15) is 33.2 Å². The fourth-order valence-electron chi connectivity index (χ4n) is 11.5. The van der Waals surface area contributed by atoms with Crippen LogP contribution in [-0.2, 0) is 19.2 Å². The number of piperidine rings is 3. The van der Waals surface area contributed by atoms with Crippen molar-refractivity contribution in [1.82, 2.24) is 29.9 Å². The maximum Gasteiger partial charge on any atom is 0.262 e. The molecule has 1 aromatic heterocycles. The first-order chi connectivity index (χ1) is 33.9. The third-order valence-corrected chi connectivity index (χ3v) is 15.8. The molecule has 1 atom stereocenters. The standard InChI is InChI=1S/C53H58ClFN8O7/c1-32(33-2-4-34(5-3-33)40-14-19-56-45-11-6-35(55)28-42(40)45)50(66)57-36-7-10-44(54)47(29-36)70-39-17-22-62(23-18-39)49(65)31-59-20-15-37(16-21-59)60-24-26-61(27-25-60)38-8-9-41-43(30-38)53(69)63(52(41)68)46-12-13-48(64)58-51(46)67/h6-11,14,19,28-30,33-34,37,39,46H,1-5,12-13,15-18,20-27,31H2,(H,57,66)(H,58,64,67). The van der Waals surface area contributed by atoms with Crippen LogP contribution in [0.4, 0.5) is 15.8 Å². The van der Waals surface area contributed by atoms with Gasteiger partial charge in [-0.2, -0.15) is 0 Å². The Labute approximate surface area is 411 Å². The first-order valence-corrected chi connectivity index (χ1v) is 25.1. The largest absolute Gasteiger partial charge is 0.489 e. The molecule has 6 amide bonds. The summed E-state index contributed by atoms with van der Waals surface area (Å²) in [6.45, 7) is 10.7. The molecular weight excluding hydrogens is 915 g/mol. The average molecular weight is 974 g/mol. The average Bonchev–Trinajstić information content (AvgIpc) is 3.62. The van der Waals surface area contributed by atoms with Crippen LogP contribution >= 0.6 is 11.6 Å². The summed E-state index contributed by atoms with van der Waals surface area (Å²) in [6.07, 6.45) is 8.47. The van der Waals surface area contributed by atoms with Crippen molar-refractivity contribution >= 4 is 69.3 Å². The summed E-state index contributed by atoms with van der Waals surface area (Å²) in [5.74, 6) is -1.63. The van der Waals surface area contributed by atoms with Gasteiger partial charge in [-0.25, -0.2) is 4.39 Å². The van der Waals surface area contributed by atoms with Gasteiger partial charge in [0.2, 0.25) is 17.7 Å². The molecule has 1 saturated carbocycles. The second-order valence-corrected chi connectivity index (χ2v) is 20.0. The van der Waals surface area contributed by atoms with Gasteiger partial charge in [0.25, 0.3) is 17.7 Å². The van der Waals surface area contributed by atoms with Gasteiger partial charge in [-0.15, -0.1) is 0 Å². The van der Waals surface area contributed by atoms with Crippen LogP contribution in [0.25, 0.3) is 10.9 Å². The molecule has 5 fully saturated rings. The lowest BCUT2D eigenvalue weighted by Gasteiger charge is -2.43. The van der Waals surface area contributed by atoms with Crippen molar-refractivity contribution in [2.24, 2.45) is 5.92 Å². The van der Waals surface area contributed by atoms with E-state index in [0.717, 1.165) is 105 Å². The minimum Gasteiger partial charge on any atom is -0.489 e. The number of piperazine rings is 1. The van der Waals surface area contributed by atoms with Gasteiger partial charge < -0.3 is 19.9 Å². The van der Waals surface area contributed by atoms with Crippen molar-refractivity contribution in [2.45, 2.75) is 88.3 Å². The minimum atomic E-state index is -0.991. The highest BCUT2D eigenvalue weighted by Gasteiger charge is 2.45. The molecule has 366 valence electrons. The lowest BCUT2D eigenvalue weighted by Crippen LogP contribution is -2.54. The van der Waals surface area contributed by atoms with Crippen LogP contribution in [0, 0.1) is 11.7 Å². The zero-order valence-electron chi connectivity index (χ0n) is 39.2. The normalized spacial score (nSPS) is 23.1. The van der Waals surface area contributed by atoms with Crippen molar-refractivity contribution in [1.29, 1.82) is 0 Å². The first-order valence-electron chi connectivity index (χ1n) is 24.7. The molecule has 6 heterocycles. The van der Waals surface area contributed by atoms with Crippen LogP contribution in [0.3, 0.4) is 0 Å². The van der Waals surface area contributed by atoms with Crippen LogP contribution in [0.5, 0.6) is 5.75 Å². The third-order valence-electron chi connectivity index (χ3n) is 15.5. The number of halogens is 2. The topological polar surface area (TPSA) is 165 Å². The van der Waals surface area contributed by atoms with Gasteiger partial charge in [0.1, 0.15) is 23.7 Å². The number of amides is 6. The van der Waals surface area contributed by atoms with Crippen molar-refractivity contribution in [3.63, 3.8) is 0 Å². The van der Waals surface area contributed by atoms with Gasteiger partial charge in [0.15, 0.2) is 0 Å². The molecule has 15 nitrogen and oxygen atoms in total. The number of anilines is 2. The number of hydrogen-bond donors (Lipinski definition) is 2. The number of pyridine rings is 1. The zero-order valence-corrected chi connectivity index (χ0v) is 39.9. The summed E-state index contributed by atoms with van der Waals surface area (Å²) in [6, 6.07) is 16.6. The molecule has 10 rings (SSSR count).